The molecule has 1 aromatic carbocycles. The van der Waals surface area contributed by atoms with Crippen LogP contribution in [0, 0.1) is 0 Å². The summed E-state index contributed by atoms with van der Waals surface area (Å²) in [6.45, 7) is 0. The number of aromatic nitrogens is 1. The molecule has 19 heavy (non-hydrogen) atoms. The summed E-state index contributed by atoms with van der Waals surface area (Å²) in [4.78, 5) is 12.2. The molecule has 2 N–H and O–H groups in total. The molecular formula is C15H16N2O2. The maximum absolute atomic E-state index is 12.2. The molecule has 0 bridgehead atoms. The first-order valence-corrected chi connectivity index (χ1v) is 6.40. The molecule has 2 aromatic rings. The molecule has 1 amide bonds. The van der Waals surface area contributed by atoms with Gasteiger partial charge >= 0.3 is 0 Å². The number of benzene rings is 1. The van der Waals surface area contributed by atoms with Crippen molar-refractivity contribution in [2.24, 2.45) is 7.05 Å². The van der Waals surface area contributed by atoms with Gasteiger partial charge in [0.1, 0.15) is 11.4 Å². The lowest BCUT2D eigenvalue weighted by molar-refractivity contribution is 0.0928. The molecule has 1 atom stereocenters. The molecule has 0 saturated carbocycles. The third-order valence-corrected chi connectivity index (χ3v) is 3.73. The molecule has 98 valence electrons. The van der Waals surface area contributed by atoms with Gasteiger partial charge in [-0.25, -0.2) is 0 Å². The summed E-state index contributed by atoms with van der Waals surface area (Å²) in [5, 5.41) is 12.8. The third-order valence-electron chi connectivity index (χ3n) is 3.73. The summed E-state index contributed by atoms with van der Waals surface area (Å²) in [5.74, 6) is 0.252. The molecular weight excluding hydrogens is 240 g/mol. The number of aryl methyl sites for hydroxylation is 1. The summed E-state index contributed by atoms with van der Waals surface area (Å²) in [6, 6.07) is 9.13. The smallest absolute Gasteiger partial charge is 0.268 e. The van der Waals surface area contributed by atoms with E-state index in [0.717, 1.165) is 24.0 Å². The van der Waals surface area contributed by atoms with Crippen LogP contribution < -0.4 is 5.32 Å². The topological polar surface area (TPSA) is 54.3 Å². The van der Waals surface area contributed by atoms with Gasteiger partial charge in [-0.2, -0.15) is 0 Å². The number of carbonyl (C=O) groups excluding carboxylic acids is 1. The number of nitrogens with zero attached hydrogens (tertiary/aromatic N) is 1. The first-order chi connectivity index (χ1) is 9.16. The molecule has 0 unspecified atom stereocenters. The summed E-state index contributed by atoms with van der Waals surface area (Å²) >= 11 is 0. The molecule has 3 rings (SSSR count). The second-order valence-electron chi connectivity index (χ2n) is 4.91. The Morgan fingerprint density at radius 1 is 1.37 bits per heavy atom. The average molecular weight is 256 g/mol. The quantitative estimate of drug-likeness (QED) is 0.865. The van der Waals surface area contributed by atoms with Gasteiger partial charge in [-0.15, -0.1) is 0 Å². The molecule has 1 aliphatic carbocycles. The van der Waals surface area contributed by atoms with Gasteiger partial charge in [0.25, 0.3) is 5.91 Å². The molecule has 0 saturated heterocycles. The van der Waals surface area contributed by atoms with Crippen molar-refractivity contribution in [2.75, 3.05) is 0 Å². The van der Waals surface area contributed by atoms with Crippen LogP contribution in [0.3, 0.4) is 0 Å². The monoisotopic (exact) mass is 256 g/mol. The Kier molecular flexibility index (Phi) is 2.78. The Morgan fingerprint density at radius 3 is 2.95 bits per heavy atom. The van der Waals surface area contributed by atoms with Crippen LogP contribution in [0.4, 0.5) is 0 Å². The number of phenols is 1. The Hall–Kier alpha value is -2.23. The Labute approximate surface area is 111 Å². The Balaban J connectivity index is 1.82. The number of hydrogen-bond acceptors (Lipinski definition) is 2. The molecule has 4 nitrogen and oxygen atoms in total. The zero-order valence-electron chi connectivity index (χ0n) is 10.8. The lowest BCUT2D eigenvalue weighted by Gasteiger charge is -2.14. The number of hydrogen-bond donors (Lipinski definition) is 2. The molecule has 0 spiro atoms. The molecule has 1 aliphatic rings. The fourth-order valence-corrected chi connectivity index (χ4v) is 2.71. The summed E-state index contributed by atoms with van der Waals surface area (Å²) in [7, 11) is 1.85. The van der Waals surface area contributed by atoms with Gasteiger partial charge in [0.2, 0.25) is 0 Å². The number of rotatable bonds is 2. The van der Waals surface area contributed by atoms with Crippen molar-refractivity contribution in [2.45, 2.75) is 18.9 Å². The van der Waals surface area contributed by atoms with E-state index in [-0.39, 0.29) is 11.9 Å². The second kappa shape index (κ2) is 4.46. The number of amides is 1. The zero-order valence-corrected chi connectivity index (χ0v) is 10.8. The van der Waals surface area contributed by atoms with Crippen LogP contribution in [0.2, 0.25) is 0 Å². The van der Waals surface area contributed by atoms with Crippen LogP contribution in [-0.4, -0.2) is 15.6 Å². The number of aromatic hydroxyl groups is 1. The molecule has 0 radical (unpaired) electrons. The number of carbonyl (C=O) groups is 1. The van der Waals surface area contributed by atoms with Crippen LogP contribution in [0.1, 0.15) is 34.1 Å². The van der Waals surface area contributed by atoms with Crippen molar-refractivity contribution in [3.63, 3.8) is 0 Å². The highest BCUT2D eigenvalue weighted by atomic mass is 16.3. The average Bonchev–Trinajstić information content (AvgIpc) is 2.97. The van der Waals surface area contributed by atoms with E-state index in [1.807, 2.05) is 31.4 Å². The minimum absolute atomic E-state index is 0.00972. The largest absolute Gasteiger partial charge is 0.508 e. The van der Waals surface area contributed by atoms with E-state index >= 15 is 0 Å². The van der Waals surface area contributed by atoms with Gasteiger partial charge < -0.3 is 15.0 Å². The van der Waals surface area contributed by atoms with E-state index < -0.39 is 0 Å². The van der Waals surface area contributed by atoms with E-state index in [2.05, 4.69) is 5.32 Å². The van der Waals surface area contributed by atoms with E-state index in [0.29, 0.717) is 11.4 Å². The summed E-state index contributed by atoms with van der Waals surface area (Å²) in [5.41, 5.74) is 2.64. The highest BCUT2D eigenvalue weighted by Crippen LogP contribution is 2.36. The minimum atomic E-state index is -0.0753. The summed E-state index contributed by atoms with van der Waals surface area (Å²) in [6.07, 6.45) is 3.49. The van der Waals surface area contributed by atoms with Crippen LogP contribution in [0.15, 0.2) is 36.5 Å². The van der Waals surface area contributed by atoms with Crippen molar-refractivity contribution in [1.82, 2.24) is 9.88 Å². The molecule has 1 heterocycles. The predicted octanol–water partition coefficient (Wildman–Crippen LogP) is 2.15. The lowest BCUT2D eigenvalue weighted by Crippen LogP contribution is -2.28. The van der Waals surface area contributed by atoms with Gasteiger partial charge in [0.05, 0.1) is 6.04 Å². The van der Waals surface area contributed by atoms with Crippen molar-refractivity contribution in [1.29, 1.82) is 0 Å². The van der Waals surface area contributed by atoms with Gasteiger partial charge in [-0.05, 0) is 42.2 Å². The Bertz CT molecular complexity index is 631. The normalized spacial score (nSPS) is 17.2. The van der Waals surface area contributed by atoms with Crippen LogP contribution in [-0.2, 0) is 13.5 Å². The maximum Gasteiger partial charge on any atom is 0.268 e. The Morgan fingerprint density at radius 2 is 2.21 bits per heavy atom. The van der Waals surface area contributed by atoms with Crippen molar-refractivity contribution in [3.8, 4) is 5.75 Å². The fourth-order valence-electron chi connectivity index (χ4n) is 2.71. The first kappa shape index (κ1) is 11.8. The standard InChI is InChI=1S/C15H16N2O2/c1-17-9-3-5-13(17)15(19)16-12-8-7-11-10(12)4-2-6-14(11)18/h2-6,9,12,18H,7-8H2,1H3,(H,16,19)/t12-/m1/s1. The fraction of sp³-hybridized carbons (Fsp3) is 0.267. The zero-order chi connectivity index (χ0) is 13.4. The van der Waals surface area contributed by atoms with Gasteiger partial charge in [-0.1, -0.05) is 12.1 Å². The van der Waals surface area contributed by atoms with E-state index in [9.17, 15) is 9.90 Å². The van der Waals surface area contributed by atoms with E-state index in [1.165, 1.54) is 0 Å². The lowest BCUT2D eigenvalue weighted by atomic mass is 10.1. The minimum Gasteiger partial charge on any atom is -0.508 e. The van der Waals surface area contributed by atoms with Gasteiger partial charge in [-0.3, -0.25) is 4.79 Å². The highest BCUT2D eigenvalue weighted by Gasteiger charge is 2.26. The third kappa shape index (κ3) is 1.99. The van der Waals surface area contributed by atoms with Crippen molar-refractivity contribution < 1.29 is 9.90 Å². The van der Waals surface area contributed by atoms with Crippen LogP contribution >= 0.6 is 0 Å². The number of nitrogens with one attached hydrogen (secondary N) is 1. The molecule has 4 heteroatoms. The first-order valence-electron chi connectivity index (χ1n) is 6.40. The SMILES string of the molecule is Cn1cccc1C(=O)N[C@@H]1CCc2c(O)cccc21. The number of fused-ring (bicyclic) bond motifs is 1. The van der Waals surface area contributed by atoms with Crippen LogP contribution in [0.5, 0.6) is 5.75 Å². The van der Waals surface area contributed by atoms with E-state index in [1.54, 1.807) is 16.7 Å². The van der Waals surface area contributed by atoms with Crippen molar-refractivity contribution in [3.05, 3.63) is 53.3 Å². The predicted molar refractivity (Wildman–Crippen MR) is 72.0 cm³/mol. The van der Waals surface area contributed by atoms with Crippen LogP contribution in [0.25, 0.3) is 0 Å². The molecule has 0 aliphatic heterocycles. The second-order valence-corrected chi connectivity index (χ2v) is 4.91. The van der Waals surface area contributed by atoms with Crippen molar-refractivity contribution >= 4 is 5.91 Å². The maximum atomic E-state index is 12.2. The van der Waals surface area contributed by atoms with Gasteiger partial charge in [0.15, 0.2) is 0 Å². The molecule has 0 fully saturated rings. The summed E-state index contributed by atoms with van der Waals surface area (Å²) < 4.78 is 1.80. The highest BCUT2D eigenvalue weighted by molar-refractivity contribution is 5.93. The molecule has 1 aromatic heterocycles. The van der Waals surface area contributed by atoms with E-state index in [4.69, 9.17) is 0 Å². The van der Waals surface area contributed by atoms with Gasteiger partial charge in [0, 0.05) is 13.2 Å². The number of phenolic OH excluding ortho intramolecular Hbond substituents is 1.